The predicted molar refractivity (Wildman–Crippen MR) is 95.6 cm³/mol. The molecule has 0 N–H and O–H groups in total. The molecular weight excluding hydrogens is 329 g/mol. The van der Waals surface area contributed by atoms with Crippen molar-refractivity contribution in [2.24, 2.45) is 0 Å². The lowest BCUT2D eigenvalue weighted by Gasteiger charge is -2.16. The largest absolute Gasteiger partial charge is 0.299 e. The SMILES string of the molecule is Cc1ccc(C(=O)c2ccc(CN3CCCC3)c(Cl)c2)cc1Cl. The van der Waals surface area contributed by atoms with Gasteiger partial charge in [-0.3, -0.25) is 9.69 Å². The van der Waals surface area contributed by atoms with Gasteiger partial charge in [-0.1, -0.05) is 47.5 Å². The van der Waals surface area contributed by atoms with E-state index < -0.39 is 0 Å². The molecule has 0 aromatic heterocycles. The first kappa shape index (κ1) is 16.5. The van der Waals surface area contributed by atoms with E-state index in [4.69, 9.17) is 23.2 Å². The van der Waals surface area contributed by atoms with Gasteiger partial charge < -0.3 is 0 Å². The Hall–Kier alpha value is -1.35. The van der Waals surface area contributed by atoms with Gasteiger partial charge in [0.1, 0.15) is 0 Å². The molecule has 1 fully saturated rings. The number of rotatable bonds is 4. The summed E-state index contributed by atoms with van der Waals surface area (Å²) in [6.45, 7) is 5.02. The zero-order valence-electron chi connectivity index (χ0n) is 13.1. The number of ketones is 1. The molecule has 1 aliphatic heterocycles. The minimum atomic E-state index is -0.0541. The molecule has 2 aromatic carbocycles. The van der Waals surface area contributed by atoms with Gasteiger partial charge in [-0.15, -0.1) is 0 Å². The molecule has 0 atom stereocenters. The van der Waals surface area contributed by atoms with E-state index in [-0.39, 0.29) is 5.78 Å². The normalized spacial score (nSPS) is 15.1. The van der Waals surface area contributed by atoms with Gasteiger partial charge in [-0.2, -0.15) is 0 Å². The first-order valence-corrected chi connectivity index (χ1v) is 8.62. The van der Waals surface area contributed by atoms with Crippen LogP contribution in [0.4, 0.5) is 0 Å². The quantitative estimate of drug-likeness (QED) is 0.714. The number of nitrogens with zero attached hydrogens (tertiary/aromatic N) is 1. The maximum Gasteiger partial charge on any atom is 0.193 e. The van der Waals surface area contributed by atoms with Crippen molar-refractivity contribution in [1.29, 1.82) is 0 Å². The molecule has 0 saturated carbocycles. The first-order chi connectivity index (χ1) is 11.0. The molecule has 1 aliphatic rings. The van der Waals surface area contributed by atoms with E-state index in [0.717, 1.165) is 30.8 Å². The Bertz CT molecular complexity index is 736. The molecule has 2 aromatic rings. The second-order valence-electron chi connectivity index (χ2n) is 6.08. The third-order valence-corrected chi connectivity index (χ3v) is 5.10. The number of aryl methyl sites for hydroxylation is 1. The van der Waals surface area contributed by atoms with Crippen molar-refractivity contribution in [2.45, 2.75) is 26.3 Å². The number of likely N-dealkylation sites (tertiary alicyclic amines) is 1. The molecule has 2 nitrogen and oxygen atoms in total. The van der Waals surface area contributed by atoms with Crippen molar-refractivity contribution >= 4 is 29.0 Å². The Morgan fingerprint density at radius 3 is 2.22 bits per heavy atom. The summed E-state index contributed by atoms with van der Waals surface area (Å²) < 4.78 is 0. The van der Waals surface area contributed by atoms with E-state index >= 15 is 0 Å². The number of halogens is 2. The molecule has 0 bridgehead atoms. The average Bonchev–Trinajstić information content (AvgIpc) is 3.04. The molecule has 1 heterocycles. The van der Waals surface area contributed by atoms with Crippen LogP contribution in [0.3, 0.4) is 0 Å². The molecule has 23 heavy (non-hydrogen) atoms. The summed E-state index contributed by atoms with van der Waals surface area (Å²) in [5.74, 6) is -0.0541. The van der Waals surface area contributed by atoms with Crippen LogP contribution in [0.15, 0.2) is 36.4 Å². The van der Waals surface area contributed by atoms with Crippen LogP contribution >= 0.6 is 23.2 Å². The van der Waals surface area contributed by atoms with Crippen molar-refractivity contribution in [3.8, 4) is 0 Å². The standard InChI is InChI=1S/C19H19Cl2NO/c1-13-4-5-14(10-17(13)20)19(23)15-6-7-16(18(21)11-15)12-22-8-2-3-9-22/h4-7,10-11H,2-3,8-9,12H2,1H3. The van der Waals surface area contributed by atoms with Gasteiger partial charge in [-0.25, -0.2) is 0 Å². The highest BCUT2D eigenvalue weighted by Crippen LogP contribution is 2.24. The summed E-state index contributed by atoms with van der Waals surface area (Å²) in [7, 11) is 0. The third kappa shape index (κ3) is 3.77. The topological polar surface area (TPSA) is 20.3 Å². The van der Waals surface area contributed by atoms with Crippen LogP contribution in [-0.2, 0) is 6.54 Å². The Kier molecular flexibility index (Phi) is 5.05. The van der Waals surface area contributed by atoms with E-state index in [1.165, 1.54) is 12.8 Å². The molecule has 1 saturated heterocycles. The Balaban J connectivity index is 1.81. The molecule has 0 amide bonds. The number of carbonyl (C=O) groups is 1. The van der Waals surface area contributed by atoms with Crippen molar-refractivity contribution < 1.29 is 4.79 Å². The first-order valence-electron chi connectivity index (χ1n) is 7.86. The molecule has 0 unspecified atom stereocenters. The van der Waals surface area contributed by atoms with E-state index in [9.17, 15) is 4.79 Å². The van der Waals surface area contributed by atoms with Crippen LogP contribution in [0.5, 0.6) is 0 Å². The van der Waals surface area contributed by atoms with Crippen molar-refractivity contribution in [3.63, 3.8) is 0 Å². The van der Waals surface area contributed by atoms with Gasteiger partial charge >= 0.3 is 0 Å². The Labute approximate surface area is 147 Å². The van der Waals surface area contributed by atoms with Gasteiger partial charge in [0.25, 0.3) is 0 Å². The van der Waals surface area contributed by atoms with Gasteiger partial charge in [0, 0.05) is 27.7 Å². The Morgan fingerprint density at radius 1 is 1.00 bits per heavy atom. The van der Waals surface area contributed by atoms with Crippen molar-refractivity contribution in [3.05, 3.63) is 68.7 Å². The number of carbonyl (C=O) groups excluding carboxylic acids is 1. The monoisotopic (exact) mass is 347 g/mol. The summed E-state index contributed by atoms with van der Waals surface area (Å²) in [6.07, 6.45) is 2.50. The van der Waals surface area contributed by atoms with Crippen LogP contribution in [0.1, 0.15) is 39.9 Å². The fraction of sp³-hybridized carbons (Fsp3) is 0.316. The molecule has 4 heteroatoms. The van der Waals surface area contributed by atoms with Crippen LogP contribution in [0.25, 0.3) is 0 Å². The van der Waals surface area contributed by atoms with E-state index in [1.54, 1.807) is 18.2 Å². The maximum absolute atomic E-state index is 12.6. The lowest BCUT2D eigenvalue weighted by Crippen LogP contribution is -2.18. The summed E-state index contributed by atoms with van der Waals surface area (Å²) in [5, 5.41) is 1.26. The molecule has 0 radical (unpaired) electrons. The van der Waals surface area contributed by atoms with Gasteiger partial charge in [-0.05, 0) is 56.1 Å². The van der Waals surface area contributed by atoms with Crippen molar-refractivity contribution in [1.82, 2.24) is 4.90 Å². The van der Waals surface area contributed by atoms with Gasteiger partial charge in [0.2, 0.25) is 0 Å². The van der Waals surface area contributed by atoms with Crippen LogP contribution < -0.4 is 0 Å². The highest BCUT2D eigenvalue weighted by Gasteiger charge is 2.16. The Morgan fingerprint density at radius 2 is 1.61 bits per heavy atom. The molecule has 0 aliphatic carbocycles. The zero-order chi connectivity index (χ0) is 16.4. The summed E-state index contributed by atoms with van der Waals surface area (Å²) >= 11 is 12.5. The number of benzene rings is 2. The van der Waals surface area contributed by atoms with Crippen molar-refractivity contribution in [2.75, 3.05) is 13.1 Å². The predicted octanol–water partition coefficient (Wildman–Crippen LogP) is 5.13. The van der Waals surface area contributed by atoms with Crippen LogP contribution in [-0.4, -0.2) is 23.8 Å². The maximum atomic E-state index is 12.6. The average molecular weight is 348 g/mol. The molecule has 3 rings (SSSR count). The smallest absolute Gasteiger partial charge is 0.193 e. The van der Waals surface area contributed by atoms with E-state index in [2.05, 4.69) is 4.90 Å². The lowest BCUT2D eigenvalue weighted by molar-refractivity contribution is 0.103. The number of hydrogen-bond donors (Lipinski definition) is 0. The highest BCUT2D eigenvalue weighted by molar-refractivity contribution is 6.32. The van der Waals surface area contributed by atoms with Crippen LogP contribution in [0, 0.1) is 6.92 Å². The molecular formula is C19H19Cl2NO. The van der Waals surface area contributed by atoms with E-state index in [0.29, 0.717) is 21.2 Å². The minimum Gasteiger partial charge on any atom is -0.299 e. The lowest BCUT2D eigenvalue weighted by atomic mass is 10.0. The fourth-order valence-corrected chi connectivity index (χ4v) is 3.32. The third-order valence-electron chi connectivity index (χ3n) is 4.34. The second-order valence-corrected chi connectivity index (χ2v) is 6.90. The minimum absolute atomic E-state index is 0.0541. The van der Waals surface area contributed by atoms with Gasteiger partial charge in [0.05, 0.1) is 0 Å². The van der Waals surface area contributed by atoms with E-state index in [1.807, 2.05) is 25.1 Å². The van der Waals surface area contributed by atoms with Gasteiger partial charge in [0.15, 0.2) is 5.78 Å². The summed E-state index contributed by atoms with van der Waals surface area (Å²) in [4.78, 5) is 15.0. The van der Waals surface area contributed by atoms with Crippen LogP contribution in [0.2, 0.25) is 10.0 Å². The zero-order valence-corrected chi connectivity index (χ0v) is 14.6. The highest BCUT2D eigenvalue weighted by atomic mass is 35.5. The second kappa shape index (κ2) is 7.04. The summed E-state index contributed by atoms with van der Waals surface area (Å²) in [6, 6.07) is 11.0. The molecule has 120 valence electrons. The molecule has 0 spiro atoms. The summed E-state index contributed by atoms with van der Waals surface area (Å²) in [5.41, 5.74) is 3.22. The fourth-order valence-electron chi connectivity index (χ4n) is 2.90. The number of hydrogen-bond acceptors (Lipinski definition) is 2.